The van der Waals surface area contributed by atoms with Crippen LogP contribution in [0, 0.1) is 11.3 Å². The lowest BCUT2D eigenvalue weighted by molar-refractivity contribution is 0.302. The molecule has 0 saturated carbocycles. The minimum atomic E-state index is 0.348. The van der Waals surface area contributed by atoms with Crippen LogP contribution in [0.5, 0.6) is 5.75 Å². The lowest BCUT2D eigenvalue weighted by Gasteiger charge is -2.25. The molecule has 16 heavy (non-hydrogen) atoms. The SMILES string of the molecule is CC(C)CCC(C)(C)Cc1ccc(O)cc1. The van der Waals surface area contributed by atoms with Crippen LogP contribution in [0.4, 0.5) is 0 Å². The quantitative estimate of drug-likeness (QED) is 0.780. The number of phenolic OH excluding ortho intramolecular Hbond substituents is 1. The second kappa shape index (κ2) is 5.38. The third kappa shape index (κ3) is 4.69. The first-order chi connectivity index (χ1) is 7.39. The van der Waals surface area contributed by atoms with Gasteiger partial charge in [0, 0.05) is 0 Å². The summed E-state index contributed by atoms with van der Waals surface area (Å²) in [6, 6.07) is 7.58. The molecule has 1 heteroatoms. The third-order valence-electron chi connectivity index (χ3n) is 3.02. The topological polar surface area (TPSA) is 20.2 Å². The molecule has 1 aromatic carbocycles. The van der Waals surface area contributed by atoms with Gasteiger partial charge in [0.15, 0.2) is 0 Å². The molecule has 0 saturated heterocycles. The van der Waals surface area contributed by atoms with E-state index in [0.29, 0.717) is 11.2 Å². The Kier molecular flexibility index (Phi) is 4.40. The second-order valence-corrected chi connectivity index (χ2v) is 5.94. The zero-order chi connectivity index (χ0) is 12.2. The summed E-state index contributed by atoms with van der Waals surface area (Å²) in [7, 11) is 0. The second-order valence-electron chi connectivity index (χ2n) is 5.94. The molecule has 0 aliphatic heterocycles. The Bertz CT molecular complexity index is 309. The Labute approximate surface area is 99.5 Å². The van der Waals surface area contributed by atoms with Crippen molar-refractivity contribution in [1.29, 1.82) is 0 Å². The van der Waals surface area contributed by atoms with E-state index in [-0.39, 0.29) is 0 Å². The van der Waals surface area contributed by atoms with Crippen LogP contribution in [0.1, 0.15) is 46.1 Å². The molecule has 0 fully saturated rings. The van der Waals surface area contributed by atoms with E-state index in [0.717, 1.165) is 12.3 Å². The van der Waals surface area contributed by atoms with Gasteiger partial charge in [-0.05, 0) is 41.9 Å². The van der Waals surface area contributed by atoms with Crippen molar-refractivity contribution in [3.63, 3.8) is 0 Å². The molecule has 0 aromatic heterocycles. The highest BCUT2D eigenvalue weighted by Gasteiger charge is 2.18. The van der Waals surface area contributed by atoms with Crippen LogP contribution < -0.4 is 0 Å². The summed E-state index contributed by atoms with van der Waals surface area (Å²) in [5.74, 6) is 1.13. The van der Waals surface area contributed by atoms with Gasteiger partial charge >= 0.3 is 0 Å². The van der Waals surface area contributed by atoms with E-state index in [1.807, 2.05) is 12.1 Å². The molecule has 0 aliphatic carbocycles. The van der Waals surface area contributed by atoms with Gasteiger partial charge in [-0.1, -0.05) is 46.2 Å². The van der Waals surface area contributed by atoms with Gasteiger partial charge in [0.1, 0.15) is 5.75 Å². The van der Waals surface area contributed by atoms with E-state index in [9.17, 15) is 5.11 Å². The average Bonchev–Trinajstić information content (AvgIpc) is 2.19. The van der Waals surface area contributed by atoms with Crippen molar-refractivity contribution in [2.45, 2.75) is 47.0 Å². The molecule has 1 rings (SSSR count). The predicted molar refractivity (Wildman–Crippen MR) is 69.7 cm³/mol. The maximum absolute atomic E-state index is 9.23. The van der Waals surface area contributed by atoms with Gasteiger partial charge in [0.25, 0.3) is 0 Å². The van der Waals surface area contributed by atoms with Crippen molar-refractivity contribution in [2.24, 2.45) is 11.3 Å². The zero-order valence-electron chi connectivity index (χ0n) is 11.0. The van der Waals surface area contributed by atoms with Crippen molar-refractivity contribution in [3.05, 3.63) is 29.8 Å². The third-order valence-corrected chi connectivity index (χ3v) is 3.02. The van der Waals surface area contributed by atoms with Gasteiger partial charge in [-0.15, -0.1) is 0 Å². The standard InChI is InChI=1S/C15H24O/c1-12(2)9-10-15(3,4)11-13-5-7-14(16)8-6-13/h5-8,12,16H,9-11H2,1-4H3. The molecule has 1 nitrogen and oxygen atoms in total. The monoisotopic (exact) mass is 220 g/mol. The normalized spacial score (nSPS) is 12.1. The molecule has 0 amide bonds. The molecular formula is C15H24O. The molecule has 0 heterocycles. The van der Waals surface area contributed by atoms with Crippen molar-refractivity contribution in [3.8, 4) is 5.75 Å². The predicted octanol–water partition coefficient (Wildman–Crippen LogP) is 4.40. The van der Waals surface area contributed by atoms with Gasteiger partial charge in [0.2, 0.25) is 0 Å². The van der Waals surface area contributed by atoms with Crippen molar-refractivity contribution >= 4 is 0 Å². The molecule has 0 atom stereocenters. The summed E-state index contributed by atoms with van der Waals surface area (Å²) in [6.07, 6.45) is 3.62. The molecule has 0 unspecified atom stereocenters. The first-order valence-electron chi connectivity index (χ1n) is 6.17. The van der Waals surface area contributed by atoms with E-state index in [1.54, 1.807) is 12.1 Å². The number of phenols is 1. The van der Waals surface area contributed by atoms with Gasteiger partial charge in [-0.25, -0.2) is 0 Å². The average molecular weight is 220 g/mol. The van der Waals surface area contributed by atoms with Gasteiger partial charge in [-0.3, -0.25) is 0 Å². The lowest BCUT2D eigenvalue weighted by Crippen LogP contribution is -2.15. The number of hydrogen-bond donors (Lipinski definition) is 1. The Hall–Kier alpha value is -0.980. The highest BCUT2D eigenvalue weighted by molar-refractivity contribution is 5.26. The zero-order valence-corrected chi connectivity index (χ0v) is 11.0. The fourth-order valence-electron chi connectivity index (χ4n) is 1.93. The van der Waals surface area contributed by atoms with Crippen LogP contribution in [0.3, 0.4) is 0 Å². The molecule has 0 bridgehead atoms. The van der Waals surface area contributed by atoms with Crippen LogP contribution in [-0.4, -0.2) is 5.11 Å². The van der Waals surface area contributed by atoms with Crippen LogP contribution in [0.2, 0.25) is 0 Å². The molecule has 0 radical (unpaired) electrons. The van der Waals surface area contributed by atoms with Crippen molar-refractivity contribution < 1.29 is 5.11 Å². The van der Waals surface area contributed by atoms with Crippen molar-refractivity contribution in [1.82, 2.24) is 0 Å². The van der Waals surface area contributed by atoms with Crippen molar-refractivity contribution in [2.75, 3.05) is 0 Å². The summed E-state index contributed by atoms with van der Waals surface area (Å²) in [5.41, 5.74) is 1.66. The first-order valence-corrected chi connectivity index (χ1v) is 6.17. The summed E-state index contributed by atoms with van der Waals surface area (Å²) in [5, 5.41) is 9.23. The van der Waals surface area contributed by atoms with Gasteiger partial charge in [0.05, 0.1) is 0 Å². The molecule has 90 valence electrons. The van der Waals surface area contributed by atoms with E-state index in [4.69, 9.17) is 0 Å². The molecule has 0 aliphatic rings. The van der Waals surface area contributed by atoms with Gasteiger partial charge in [-0.2, -0.15) is 0 Å². The summed E-state index contributed by atoms with van der Waals surface area (Å²) in [4.78, 5) is 0. The molecule has 1 aromatic rings. The highest BCUT2D eigenvalue weighted by Crippen LogP contribution is 2.29. The Morgan fingerprint density at radius 3 is 2.19 bits per heavy atom. The first kappa shape index (κ1) is 13.1. The molecule has 0 spiro atoms. The van der Waals surface area contributed by atoms with E-state index < -0.39 is 0 Å². The maximum Gasteiger partial charge on any atom is 0.115 e. The van der Waals surface area contributed by atoms with Crippen LogP contribution in [0.15, 0.2) is 24.3 Å². The minimum Gasteiger partial charge on any atom is -0.508 e. The fourth-order valence-corrected chi connectivity index (χ4v) is 1.93. The smallest absolute Gasteiger partial charge is 0.115 e. The van der Waals surface area contributed by atoms with Gasteiger partial charge < -0.3 is 5.11 Å². The van der Waals surface area contributed by atoms with Crippen LogP contribution in [-0.2, 0) is 6.42 Å². The van der Waals surface area contributed by atoms with E-state index >= 15 is 0 Å². The Morgan fingerprint density at radius 2 is 1.69 bits per heavy atom. The Balaban J connectivity index is 2.54. The summed E-state index contributed by atoms with van der Waals surface area (Å²) < 4.78 is 0. The number of benzene rings is 1. The Morgan fingerprint density at radius 1 is 1.12 bits per heavy atom. The van der Waals surface area contributed by atoms with E-state index in [2.05, 4.69) is 27.7 Å². The largest absolute Gasteiger partial charge is 0.508 e. The number of hydrogen-bond acceptors (Lipinski definition) is 1. The number of rotatable bonds is 5. The van der Waals surface area contributed by atoms with Crippen LogP contribution >= 0.6 is 0 Å². The maximum atomic E-state index is 9.23. The lowest BCUT2D eigenvalue weighted by atomic mass is 9.80. The summed E-state index contributed by atoms with van der Waals surface area (Å²) >= 11 is 0. The van der Waals surface area contributed by atoms with Crippen LogP contribution in [0.25, 0.3) is 0 Å². The number of aromatic hydroxyl groups is 1. The molecular weight excluding hydrogens is 196 g/mol. The molecule has 1 N–H and O–H groups in total. The minimum absolute atomic E-state index is 0.348. The highest BCUT2D eigenvalue weighted by atomic mass is 16.3. The fraction of sp³-hybridized carbons (Fsp3) is 0.600. The summed E-state index contributed by atoms with van der Waals surface area (Å²) in [6.45, 7) is 9.19. The van der Waals surface area contributed by atoms with E-state index in [1.165, 1.54) is 18.4 Å².